The Labute approximate surface area is 131 Å². The van der Waals surface area contributed by atoms with E-state index in [9.17, 15) is 0 Å². The Kier molecular flexibility index (Phi) is 6.73. The van der Waals surface area contributed by atoms with Gasteiger partial charge in [-0.2, -0.15) is 0 Å². The molecule has 1 N–H and O–H groups in total. The van der Waals surface area contributed by atoms with Crippen LogP contribution in [0.2, 0.25) is 0 Å². The number of benzene rings is 1. The van der Waals surface area contributed by atoms with Gasteiger partial charge in [0, 0.05) is 31.9 Å². The van der Waals surface area contributed by atoms with E-state index in [1.54, 1.807) is 0 Å². The van der Waals surface area contributed by atoms with Gasteiger partial charge < -0.3 is 10.2 Å². The quantitative estimate of drug-likeness (QED) is 0.756. The van der Waals surface area contributed by atoms with Crippen LogP contribution in [0.15, 0.2) is 18.2 Å². The van der Waals surface area contributed by atoms with Gasteiger partial charge in [-0.25, -0.2) is 0 Å². The molecule has 2 heteroatoms. The second-order valence-corrected chi connectivity index (χ2v) is 6.94. The van der Waals surface area contributed by atoms with Gasteiger partial charge in [-0.1, -0.05) is 33.8 Å². The first-order chi connectivity index (χ1) is 9.81. The predicted molar refractivity (Wildman–Crippen MR) is 95.3 cm³/mol. The maximum Gasteiger partial charge on any atom is 0.0369 e. The van der Waals surface area contributed by atoms with Crippen LogP contribution in [0.25, 0.3) is 0 Å². The zero-order valence-corrected chi connectivity index (χ0v) is 15.1. The maximum absolute atomic E-state index is 3.64. The van der Waals surface area contributed by atoms with Crippen LogP contribution >= 0.6 is 0 Å². The van der Waals surface area contributed by atoms with Gasteiger partial charge in [0.15, 0.2) is 0 Å². The molecular weight excluding hydrogens is 256 g/mol. The summed E-state index contributed by atoms with van der Waals surface area (Å²) in [7, 11) is 2.23. The fraction of sp³-hybridized carbons (Fsp3) is 0.684. The van der Waals surface area contributed by atoms with E-state index in [-0.39, 0.29) is 0 Å². The molecular formula is C19H34N2. The van der Waals surface area contributed by atoms with Crippen molar-refractivity contribution in [3.8, 4) is 0 Å². The molecule has 21 heavy (non-hydrogen) atoms. The molecule has 0 saturated heterocycles. The number of nitrogens with one attached hydrogen (secondary N) is 1. The van der Waals surface area contributed by atoms with E-state index in [0.717, 1.165) is 13.1 Å². The molecule has 2 nitrogen and oxygen atoms in total. The van der Waals surface area contributed by atoms with Crippen molar-refractivity contribution in [2.75, 3.05) is 25.0 Å². The number of aryl methyl sites for hydroxylation is 2. The standard InChI is InChI=1S/C19H34N2/c1-8-19(9-2,13-20-15(3)4)14-21(7)18-11-16(5)10-17(6)12-18/h10-12,15,20H,8-9,13-14H2,1-7H3. The summed E-state index contributed by atoms with van der Waals surface area (Å²) in [4.78, 5) is 2.43. The lowest BCUT2D eigenvalue weighted by molar-refractivity contribution is 0.248. The lowest BCUT2D eigenvalue weighted by Crippen LogP contribution is -2.44. The summed E-state index contributed by atoms with van der Waals surface area (Å²) in [5, 5.41) is 3.64. The van der Waals surface area contributed by atoms with Crippen molar-refractivity contribution in [1.29, 1.82) is 0 Å². The van der Waals surface area contributed by atoms with Crippen molar-refractivity contribution in [3.63, 3.8) is 0 Å². The minimum Gasteiger partial charge on any atom is -0.374 e. The SMILES string of the molecule is CCC(CC)(CNC(C)C)CN(C)c1cc(C)cc(C)c1. The zero-order chi connectivity index (χ0) is 16.0. The van der Waals surface area contributed by atoms with Gasteiger partial charge >= 0.3 is 0 Å². The largest absolute Gasteiger partial charge is 0.374 e. The zero-order valence-electron chi connectivity index (χ0n) is 15.1. The number of hydrogen-bond donors (Lipinski definition) is 1. The molecule has 0 radical (unpaired) electrons. The van der Waals surface area contributed by atoms with Crippen molar-refractivity contribution in [1.82, 2.24) is 5.32 Å². The Hall–Kier alpha value is -1.02. The van der Waals surface area contributed by atoms with Gasteiger partial charge in [0.1, 0.15) is 0 Å². The maximum atomic E-state index is 3.64. The molecule has 0 atom stereocenters. The minimum atomic E-state index is 0.344. The van der Waals surface area contributed by atoms with Gasteiger partial charge in [0.2, 0.25) is 0 Å². The fourth-order valence-electron chi connectivity index (χ4n) is 2.97. The molecule has 0 amide bonds. The van der Waals surface area contributed by atoms with Crippen LogP contribution < -0.4 is 10.2 Å². The van der Waals surface area contributed by atoms with E-state index in [2.05, 4.69) is 77.0 Å². The molecule has 120 valence electrons. The van der Waals surface area contributed by atoms with E-state index in [4.69, 9.17) is 0 Å². The van der Waals surface area contributed by atoms with E-state index in [1.807, 2.05) is 0 Å². The highest BCUT2D eigenvalue weighted by Crippen LogP contribution is 2.29. The summed E-state index contributed by atoms with van der Waals surface area (Å²) in [6.07, 6.45) is 2.41. The Morgan fingerprint density at radius 3 is 2.00 bits per heavy atom. The summed E-state index contributed by atoms with van der Waals surface area (Å²) < 4.78 is 0. The Morgan fingerprint density at radius 2 is 1.57 bits per heavy atom. The Balaban J connectivity index is 2.86. The highest BCUT2D eigenvalue weighted by molar-refractivity contribution is 5.50. The molecule has 1 aromatic rings. The second kappa shape index (κ2) is 7.84. The van der Waals surface area contributed by atoms with Crippen LogP contribution in [-0.2, 0) is 0 Å². The summed E-state index contributed by atoms with van der Waals surface area (Å²) >= 11 is 0. The molecule has 0 spiro atoms. The molecule has 0 saturated carbocycles. The van der Waals surface area contributed by atoms with Crippen molar-refractivity contribution >= 4 is 5.69 Å². The molecule has 0 bridgehead atoms. The molecule has 0 unspecified atom stereocenters. The first-order valence-electron chi connectivity index (χ1n) is 8.34. The van der Waals surface area contributed by atoms with Crippen molar-refractivity contribution in [2.24, 2.45) is 5.41 Å². The summed E-state index contributed by atoms with van der Waals surface area (Å²) in [6.45, 7) is 15.6. The van der Waals surface area contributed by atoms with Crippen LogP contribution in [0, 0.1) is 19.3 Å². The molecule has 0 aliphatic heterocycles. The molecule has 0 fully saturated rings. The summed E-state index contributed by atoms with van der Waals surface area (Å²) in [6, 6.07) is 7.37. The smallest absolute Gasteiger partial charge is 0.0369 e. The van der Waals surface area contributed by atoms with Gasteiger partial charge in [-0.15, -0.1) is 0 Å². The van der Waals surface area contributed by atoms with E-state index in [1.165, 1.54) is 29.7 Å². The van der Waals surface area contributed by atoms with Crippen molar-refractivity contribution in [3.05, 3.63) is 29.3 Å². The van der Waals surface area contributed by atoms with Gasteiger partial charge in [0.05, 0.1) is 0 Å². The van der Waals surface area contributed by atoms with Crippen LogP contribution in [-0.4, -0.2) is 26.2 Å². The Bertz CT molecular complexity index is 413. The third kappa shape index (κ3) is 5.35. The van der Waals surface area contributed by atoms with Gasteiger partial charge in [-0.3, -0.25) is 0 Å². The van der Waals surface area contributed by atoms with Crippen molar-refractivity contribution < 1.29 is 0 Å². The third-order valence-electron chi connectivity index (χ3n) is 4.61. The predicted octanol–water partition coefficient (Wildman–Crippen LogP) is 4.54. The minimum absolute atomic E-state index is 0.344. The average Bonchev–Trinajstić information content (AvgIpc) is 2.42. The lowest BCUT2D eigenvalue weighted by Gasteiger charge is -2.37. The highest BCUT2D eigenvalue weighted by atomic mass is 15.1. The lowest BCUT2D eigenvalue weighted by atomic mass is 9.81. The average molecular weight is 290 g/mol. The summed E-state index contributed by atoms with van der Waals surface area (Å²) in [5.41, 5.74) is 4.37. The molecule has 1 rings (SSSR count). The normalized spacial score (nSPS) is 12.0. The summed E-state index contributed by atoms with van der Waals surface area (Å²) in [5.74, 6) is 0. The molecule has 0 aliphatic rings. The molecule has 0 aromatic heterocycles. The Morgan fingerprint density at radius 1 is 1.05 bits per heavy atom. The monoisotopic (exact) mass is 290 g/mol. The first kappa shape index (κ1) is 18.0. The molecule has 1 aromatic carbocycles. The first-order valence-corrected chi connectivity index (χ1v) is 8.34. The highest BCUT2D eigenvalue weighted by Gasteiger charge is 2.28. The number of hydrogen-bond acceptors (Lipinski definition) is 2. The second-order valence-electron chi connectivity index (χ2n) is 6.94. The number of anilines is 1. The van der Waals surface area contributed by atoms with Crippen LogP contribution in [0.5, 0.6) is 0 Å². The van der Waals surface area contributed by atoms with E-state index >= 15 is 0 Å². The fourth-order valence-corrected chi connectivity index (χ4v) is 2.97. The third-order valence-corrected chi connectivity index (χ3v) is 4.61. The van der Waals surface area contributed by atoms with Crippen molar-refractivity contribution in [2.45, 2.75) is 60.4 Å². The molecule has 0 aliphatic carbocycles. The van der Waals surface area contributed by atoms with E-state index < -0.39 is 0 Å². The van der Waals surface area contributed by atoms with Crippen LogP contribution in [0.3, 0.4) is 0 Å². The topological polar surface area (TPSA) is 15.3 Å². The van der Waals surface area contributed by atoms with Crippen LogP contribution in [0.1, 0.15) is 51.7 Å². The van der Waals surface area contributed by atoms with Gasteiger partial charge in [-0.05, 0) is 55.4 Å². The van der Waals surface area contributed by atoms with Gasteiger partial charge in [0.25, 0.3) is 0 Å². The van der Waals surface area contributed by atoms with Crippen LogP contribution in [0.4, 0.5) is 5.69 Å². The molecule has 0 heterocycles. The number of nitrogens with zero attached hydrogens (tertiary/aromatic N) is 1. The number of rotatable bonds is 8. The van der Waals surface area contributed by atoms with E-state index in [0.29, 0.717) is 11.5 Å².